The van der Waals surface area contributed by atoms with Crippen LogP contribution in [0.2, 0.25) is 0 Å². The molecule has 0 aliphatic carbocycles. The lowest BCUT2D eigenvalue weighted by Crippen LogP contribution is -1.94. The van der Waals surface area contributed by atoms with Crippen molar-refractivity contribution < 1.29 is 4.74 Å². The molecule has 19 heavy (non-hydrogen) atoms. The molecule has 0 spiro atoms. The van der Waals surface area contributed by atoms with Gasteiger partial charge in [-0.15, -0.1) is 11.3 Å². The molecular weight excluding hydrogens is 256 g/mol. The first-order valence-electron chi connectivity index (χ1n) is 5.73. The molecular formula is C15H12N2OS. The van der Waals surface area contributed by atoms with Crippen LogP contribution >= 0.6 is 11.3 Å². The Morgan fingerprint density at radius 3 is 2.84 bits per heavy atom. The highest BCUT2D eigenvalue weighted by Gasteiger charge is 2.03. The van der Waals surface area contributed by atoms with Gasteiger partial charge in [-0.1, -0.05) is 24.0 Å². The van der Waals surface area contributed by atoms with Crippen LogP contribution in [-0.2, 0) is 6.61 Å². The van der Waals surface area contributed by atoms with Gasteiger partial charge in [0.1, 0.15) is 18.4 Å². The standard InChI is InChI=1S/C15H12N2OS/c16-9-3-5-13-7-8-14(19-13)11-18-15-6-2-1-4-12(15)10-17/h1-2,4,6-8H,9,11,16H2. The summed E-state index contributed by atoms with van der Waals surface area (Å²) in [5.41, 5.74) is 5.87. The molecule has 0 fully saturated rings. The van der Waals surface area contributed by atoms with Crippen LogP contribution in [0.3, 0.4) is 0 Å². The van der Waals surface area contributed by atoms with Gasteiger partial charge in [-0.25, -0.2) is 0 Å². The van der Waals surface area contributed by atoms with Gasteiger partial charge in [-0.2, -0.15) is 5.26 Å². The van der Waals surface area contributed by atoms with Gasteiger partial charge in [0.15, 0.2) is 0 Å². The summed E-state index contributed by atoms with van der Waals surface area (Å²) in [5, 5.41) is 8.96. The van der Waals surface area contributed by atoms with Crippen LogP contribution in [0.25, 0.3) is 0 Å². The minimum atomic E-state index is 0.360. The summed E-state index contributed by atoms with van der Waals surface area (Å²) in [4.78, 5) is 2.03. The van der Waals surface area contributed by atoms with Crippen molar-refractivity contribution in [3.8, 4) is 23.7 Å². The molecule has 0 aliphatic rings. The topological polar surface area (TPSA) is 59.0 Å². The molecule has 3 nitrogen and oxygen atoms in total. The molecule has 1 aromatic carbocycles. The summed E-state index contributed by atoms with van der Waals surface area (Å²) >= 11 is 1.57. The largest absolute Gasteiger partial charge is 0.487 e. The van der Waals surface area contributed by atoms with Gasteiger partial charge in [-0.05, 0) is 24.3 Å². The number of hydrogen-bond donors (Lipinski definition) is 1. The number of benzene rings is 1. The van der Waals surface area contributed by atoms with Gasteiger partial charge in [0.05, 0.1) is 17.0 Å². The highest BCUT2D eigenvalue weighted by atomic mass is 32.1. The van der Waals surface area contributed by atoms with Gasteiger partial charge >= 0.3 is 0 Å². The number of nitrogens with zero attached hydrogens (tertiary/aromatic N) is 1. The Labute approximate surface area is 116 Å². The van der Waals surface area contributed by atoms with Crippen molar-refractivity contribution in [1.29, 1.82) is 5.26 Å². The van der Waals surface area contributed by atoms with Crippen LogP contribution < -0.4 is 10.5 Å². The molecule has 2 aromatic rings. The summed E-state index contributed by atoms with van der Waals surface area (Å²) < 4.78 is 5.65. The Hall–Kier alpha value is -2.27. The Kier molecular flexibility index (Phi) is 4.58. The lowest BCUT2D eigenvalue weighted by atomic mass is 10.2. The van der Waals surface area contributed by atoms with Crippen LogP contribution in [0, 0.1) is 23.2 Å². The second kappa shape index (κ2) is 6.61. The molecule has 2 rings (SSSR count). The normalized spacial score (nSPS) is 9.26. The smallest absolute Gasteiger partial charge is 0.137 e. The molecule has 0 aliphatic heterocycles. The quantitative estimate of drug-likeness (QED) is 0.870. The number of rotatable bonds is 3. The predicted molar refractivity (Wildman–Crippen MR) is 75.7 cm³/mol. The molecule has 1 aromatic heterocycles. The van der Waals surface area contributed by atoms with Gasteiger partial charge in [0.25, 0.3) is 0 Å². The van der Waals surface area contributed by atoms with E-state index in [0.29, 0.717) is 24.5 Å². The molecule has 0 amide bonds. The average molecular weight is 268 g/mol. The number of thiophene rings is 1. The van der Waals surface area contributed by atoms with Crippen molar-refractivity contribution in [2.24, 2.45) is 5.73 Å². The van der Waals surface area contributed by atoms with Crippen LogP contribution in [0.4, 0.5) is 0 Å². The molecule has 0 atom stereocenters. The Morgan fingerprint density at radius 2 is 2.05 bits per heavy atom. The van der Waals surface area contributed by atoms with E-state index >= 15 is 0 Å². The van der Waals surface area contributed by atoms with Crippen LogP contribution in [0.1, 0.15) is 15.3 Å². The molecule has 0 radical (unpaired) electrons. The summed E-state index contributed by atoms with van der Waals surface area (Å²) in [7, 11) is 0. The fraction of sp³-hybridized carbons (Fsp3) is 0.133. The van der Waals surface area contributed by atoms with E-state index in [9.17, 15) is 0 Å². The Balaban J connectivity index is 2.03. The van der Waals surface area contributed by atoms with E-state index in [0.717, 1.165) is 9.75 Å². The molecule has 0 saturated heterocycles. The molecule has 4 heteroatoms. The first-order chi connectivity index (χ1) is 9.33. The summed E-state index contributed by atoms with van der Waals surface area (Å²) in [6.45, 7) is 0.799. The predicted octanol–water partition coefficient (Wildman–Crippen LogP) is 2.51. The zero-order valence-corrected chi connectivity index (χ0v) is 11.0. The fourth-order valence-corrected chi connectivity index (χ4v) is 2.29. The maximum atomic E-state index is 8.96. The molecule has 0 bridgehead atoms. The number of nitriles is 1. The number of para-hydroxylation sites is 1. The van der Waals surface area contributed by atoms with E-state index in [2.05, 4.69) is 17.9 Å². The van der Waals surface area contributed by atoms with Gasteiger partial charge in [0, 0.05) is 4.88 Å². The van der Waals surface area contributed by atoms with Crippen LogP contribution in [0.15, 0.2) is 36.4 Å². The highest BCUT2D eigenvalue weighted by Crippen LogP contribution is 2.21. The first kappa shape index (κ1) is 13.2. The molecule has 0 unspecified atom stereocenters. The van der Waals surface area contributed by atoms with E-state index in [-0.39, 0.29) is 0 Å². The van der Waals surface area contributed by atoms with Crippen molar-refractivity contribution in [1.82, 2.24) is 0 Å². The second-order valence-electron chi connectivity index (χ2n) is 3.67. The zero-order chi connectivity index (χ0) is 13.5. The van der Waals surface area contributed by atoms with Crippen molar-refractivity contribution in [3.63, 3.8) is 0 Å². The van der Waals surface area contributed by atoms with Gasteiger partial charge in [-0.3, -0.25) is 0 Å². The average Bonchev–Trinajstić information content (AvgIpc) is 2.91. The number of hydrogen-bond acceptors (Lipinski definition) is 4. The monoisotopic (exact) mass is 268 g/mol. The number of nitrogens with two attached hydrogens (primary N) is 1. The maximum Gasteiger partial charge on any atom is 0.137 e. The van der Waals surface area contributed by atoms with E-state index in [4.69, 9.17) is 15.7 Å². The minimum absolute atomic E-state index is 0.360. The molecule has 2 N–H and O–H groups in total. The van der Waals surface area contributed by atoms with Crippen molar-refractivity contribution in [2.75, 3.05) is 6.54 Å². The third-order valence-corrected chi connectivity index (χ3v) is 3.33. The van der Waals surface area contributed by atoms with E-state index in [1.165, 1.54) is 0 Å². The van der Waals surface area contributed by atoms with Crippen molar-refractivity contribution in [2.45, 2.75) is 6.61 Å². The minimum Gasteiger partial charge on any atom is -0.487 e. The maximum absolute atomic E-state index is 8.96. The van der Waals surface area contributed by atoms with Gasteiger partial charge in [0.2, 0.25) is 0 Å². The zero-order valence-electron chi connectivity index (χ0n) is 10.2. The molecule has 1 heterocycles. The van der Waals surface area contributed by atoms with E-state index < -0.39 is 0 Å². The third kappa shape index (κ3) is 3.59. The van der Waals surface area contributed by atoms with Crippen molar-refractivity contribution >= 4 is 11.3 Å². The summed E-state index contributed by atoms with van der Waals surface area (Å²) in [6.07, 6.45) is 0. The summed E-state index contributed by atoms with van der Waals surface area (Å²) in [6, 6.07) is 13.2. The highest BCUT2D eigenvalue weighted by molar-refractivity contribution is 7.12. The lowest BCUT2D eigenvalue weighted by Gasteiger charge is -2.05. The van der Waals surface area contributed by atoms with Crippen LogP contribution in [0.5, 0.6) is 5.75 Å². The summed E-state index contributed by atoms with van der Waals surface area (Å²) in [5.74, 6) is 6.40. The van der Waals surface area contributed by atoms with Crippen molar-refractivity contribution in [3.05, 3.63) is 51.7 Å². The number of ether oxygens (including phenoxy) is 1. The lowest BCUT2D eigenvalue weighted by molar-refractivity contribution is 0.309. The third-order valence-electron chi connectivity index (χ3n) is 2.35. The molecule has 0 saturated carbocycles. The van der Waals surface area contributed by atoms with Gasteiger partial charge < -0.3 is 10.5 Å². The Bertz CT molecular complexity index is 659. The second-order valence-corrected chi connectivity index (χ2v) is 4.84. The van der Waals surface area contributed by atoms with Crippen LogP contribution in [-0.4, -0.2) is 6.54 Å². The SMILES string of the molecule is N#Cc1ccccc1OCc1ccc(C#CCN)s1. The molecule has 94 valence electrons. The van der Waals surface area contributed by atoms with E-state index in [1.807, 2.05) is 24.3 Å². The first-order valence-corrected chi connectivity index (χ1v) is 6.54. The Morgan fingerprint density at radius 1 is 1.21 bits per heavy atom. The fourth-order valence-electron chi connectivity index (χ4n) is 1.49. The van der Waals surface area contributed by atoms with E-state index in [1.54, 1.807) is 23.5 Å².